The molecule has 0 saturated heterocycles. The molecule has 1 atom stereocenters. The highest BCUT2D eigenvalue weighted by molar-refractivity contribution is 5.95. The second-order valence-corrected chi connectivity index (χ2v) is 3.19. The molecule has 0 fully saturated rings. The van der Waals surface area contributed by atoms with E-state index in [1.54, 1.807) is 13.8 Å². The van der Waals surface area contributed by atoms with Crippen molar-refractivity contribution in [3.8, 4) is 0 Å². The smallest absolute Gasteiger partial charge is 0.328 e. The largest absolute Gasteiger partial charge is 0.480 e. The Bertz CT molecular complexity index is 412. The first-order valence-electron chi connectivity index (χ1n) is 4.54. The van der Waals surface area contributed by atoms with E-state index < -0.39 is 24.5 Å². The van der Waals surface area contributed by atoms with E-state index in [1.165, 1.54) is 0 Å². The maximum atomic E-state index is 11.5. The van der Waals surface area contributed by atoms with Crippen molar-refractivity contribution in [3.63, 3.8) is 0 Å². The lowest BCUT2D eigenvalue weighted by molar-refractivity contribution is -0.140. The number of carbonyl (C=O) groups excluding carboxylic acids is 1. The molecule has 0 bridgehead atoms. The summed E-state index contributed by atoms with van der Waals surface area (Å²) in [5, 5.41) is 19.5. The summed E-state index contributed by atoms with van der Waals surface area (Å²) in [5.41, 5.74) is 0.372. The molecule has 0 aliphatic rings. The number of nitrogens with one attached hydrogen (secondary N) is 1. The Balaban J connectivity index is 2.79. The van der Waals surface area contributed by atoms with Crippen molar-refractivity contribution in [2.75, 3.05) is 6.61 Å². The van der Waals surface area contributed by atoms with E-state index in [9.17, 15) is 9.59 Å². The van der Waals surface area contributed by atoms with Crippen LogP contribution in [0.25, 0.3) is 0 Å². The number of aromatic nitrogens is 1. The summed E-state index contributed by atoms with van der Waals surface area (Å²) in [6.07, 6.45) is 0. The van der Waals surface area contributed by atoms with Crippen LogP contribution in [0.2, 0.25) is 0 Å². The molecule has 1 aromatic rings. The number of aliphatic hydroxyl groups excluding tert-OH is 1. The Hall–Kier alpha value is -1.89. The van der Waals surface area contributed by atoms with Gasteiger partial charge in [0.1, 0.15) is 0 Å². The molecule has 88 valence electrons. The van der Waals surface area contributed by atoms with Crippen LogP contribution in [0.1, 0.15) is 22.1 Å². The molecule has 1 aromatic heterocycles. The predicted octanol–water partition coefficient (Wildman–Crippen LogP) is -0.533. The standard InChI is InChI=1S/C9H12N2O5/c1-4-7(16-5(2)10-4)8(13)11-6(3-12)9(14)15/h6,12H,3H2,1-2H3,(H,11,13)(H,14,15). The lowest BCUT2D eigenvalue weighted by atomic mass is 10.3. The highest BCUT2D eigenvalue weighted by atomic mass is 16.4. The monoisotopic (exact) mass is 228 g/mol. The summed E-state index contributed by atoms with van der Waals surface area (Å²) in [7, 11) is 0. The first-order chi connectivity index (χ1) is 7.45. The van der Waals surface area contributed by atoms with Crippen molar-refractivity contribution in [2.45, 2.75) is 19.9 Å². The third kappa shape index (κ3) is 2.57. The average Bonchev–Trinajstić information content (AvgIpc) is 2.53. The molecule has 3 N–H and O–H groups in total. The molecule has 1 amide bonds. The van der Waals surface area contributed by atoms with E-state index in [-0.39, 0.29) is 5.76 Å². The second-order valence-electron chi connectivity index (χ2n) is 3.19. The number of carboxylic acid groups (broad SMARTS) is 1. The van der Waals surface area contributed by atoms with Gasteiger partial charge < -0.3 is 19.9 Å². The molecule has 0 saturated carbocycles. The number of hydrogen-bond acceptors (Lipinski definition) is 5. The van der Waals surface area contributed by atoms with Gasteiger partial charge in [-0.1, -0.05) is 0 Å². The molecule has 0 aromatic carbocycles. The van der Waals surface area contributed by atoms with E-state index in [4.69, 9.17) is 14.6 Å². The third-order valence-electron chi connectivity index (χ3n) is 1.90. The van der Waals surface area contributed by atoms with Crippen LogP contribution in [-0.4, -0.2) is 39.7 Å². The molecule has 0 radical (unpaired) electrons. The van der Waals surface area contributed by atoms with Crippen molar-refractivity contribution < 1.29 is 24.2 Å². The van der Waals surface area contributed by atoms with E-state index in [2.05, 4.69) is 10.3 Å². The molecule has 1 rings (SSSR count). The van der Waals surface area contributed by atoms with Gasteiger partial charge in [-0.05, 0) is 6.92 Å². The predicted molar refractivity (Wildman–Crippen MR) is 52.0 cm³/mol. The molecule has 16 heavy (non-hydrogen) atoms. The Labute approximate surface area is 91.1 Å². The van der Waals surface area contributed by atoms with Crippen molar-refractivity contribution in [1.82, 2.24) is 10.3 Å². The summed E-state index contributed by atoms with van der Waals surface area (Å²) in [5.74, 6) is -1.75. The van der Waals surface area contributed by atoms with Gasteiger partial charge in [-0.3, -0.25) is 4.79 Å². The number of aliphatic carboxylic acids is 1. The number of carboxylic acids is 1. The van der Waals surface area contributed by atoms with Crippen molar-refractivity contribution >= 4 is 11.9 Å². The number of carbonyl (C=O) groups is 2. The quantitative estimate of drug-likeness (QED) is 0.638. The molecule has 0 aliphatic heterocycles. The fourth-order valence-corrected chi connectivity index (χ4v) is 1.15. The van der Waals surface area contributed by atoms with Gasteiger partial charge in [-0.2, -0.15) is 0 Å². The minimum Gasteiger partial charge on any atom is -0.480 e. The Morgan fingerprint density at radius 1 is 1.50 bits per heavy atom. The van der Waals surface area contributed by atoms with Gasteiger partial charge in [-0.15, -0.1) is 0 Å². The van der Waals surface area contributed by atoms with Crippen LogP contribution in [0.4, 0.5) is 0 Å². The highest BCUT2D eigenvalue weighted by Crippen LogP contribution is 2.09. The van der Waals surface area contributed by atoms with E-state index >= 15 is 0 Å². The number of aliphatic hydroxyl groups is 1. The topological polar surface area (TPSA) is 113 Å². The van der Waals surface area contributed by atoms with Crippen LogP contribution in [0.5, 0.6) is 0 Å². The van der Waals surface area contributed by atoms with Gasteiger partial charge in [0, 0.05) is 6.92 Å². The van der Waals surface area contributed by atoms with Gasteiger partial charge in [0.2, 0.25) is 5.76 Å². The molecular weight excluding hydrogens is 216 g/mol. The zero-order valence-electron chi connectivity index (χ0n) is 8.85. The highest BCUT2D eigenvalue weighted by Gasteiger charge is 2.23. The van der Waals surface area contributed by atoms with Crippen LogP contribution in [-0.2, 0) is 4.79 Å². The number of rotatable bonds is 4. The van der Waals surface area contributed by atoms with Gasteiger partial charge >= 0.3 is 5.97 Å². The number of nitrogens with zero attached hydrogens (tertiary/aromatic N) is 1. The van der Waals surface area contributed by atoms with Crippen molar-refractivity contribution in [1.29, 1.82) is 0 Å². The van der Waals surface area contributed by atoms with Crippen LogP contribution in [0.3, 0.4) is 0 Å². The Morgan fingerprint density at radius 3 is 2.50 bits per heavy atom. The summed E-state index contributed by atoms with van der Waals surface area (Å²) in [4.78, 5) is 26.0. The fraction of sp³-hybridized carbons (Fsp3) is 0.444. The van der Waals surface area contributed by atoms with E-state index in [1.807, 2.05) is 0 Å². The van der Waals surface area contributed by atoms with Gasteiger partial charge in [0.15, 0.2) is 11.9 Å². The summed E-state index contributed by atoms with van der Waals surface area (Å²) in [6.45, 7) is 2.46. The van der Waals surface area contributed by atoms with Crippen molar-refractivity contribution in [2.24, 2.45) is 0 Å². The minimum atomic E-state index is -1.35. The van der Waals surface area contributed by atoms with Crippen LogP contribution in [0.15, 0.2) is 4.42 Å². The summed E-state index contributed by atoms with van der Waals surface area (Å²) in [6, 6.07) is -1.35. The van der Waals surface area contributed by atoms with Gasteiger partial charge in [0.25, 0.3) is 5.91 Å². The minimum absolute atomic E-state index is 0.0443. The van der Waals surface area contributed by atoms with Gasteiger partial charge in [0.05, 0.1) is 12.3 Å². The van der Waals surface area contributed by atoms with Gasteiger partial charge in [-0.25, -0.2) is 9.78 Å². The number of hydrogen-bond donors (Lipinski definition) is 3. The summed E-state index contributed by atoms with van der Waals surface area (Å²) < 4.78 is 5.00. The molecule has 7 heteroatoms. The maximum absolute atomic E-state index is 11.5. The average molecular weight is 228 g/mol. The molecule has 0 spiro atoms. The molecule has 0 aliphatic carbocycles. The third-order valence-corrected chi connectivity index (χ3v) is 1.90. The molecular formula is C9H12N2O5. The van der Waals surface area contributed by atoms with E-state index in [0.29, 0.717) is 11.6 Å². The second kappa shape index (κ2) is 4.75. The number of amides is 1. The first-order valence-corrected chi connectivity index (χ1v) is 4.54. The Morgan fingerprint density at radius 2 is 2.12 bits per heavy atom. The fourth-order valence-electron chi connectivity index (χ4n) is 1.15. The lowest BCUT2D eigenvalue weighted by Crippen LogP contribution is -2.43. The Kier molecular flexibility index (Phi) is 3.62. The normalized spacial score (nSPS) is 12.2. The zero-order valence-corrected chi connectivity index (χ0v) is 8.85. The first kappa shape index (κ1) is 12.2. The van der Waals surface area contributed by atoms with Crippen LogP contribution in [0, 0.1) is 13.8 Å². The number of aryl methyl sites for hydroxylation is 2. The lowest BCUT2D eigenvalue weighted by Gasteiger charge is -2.09. The SMILES string of the molecule is Cc1nc(C)c(C(=O)NC(CO)C(=O)O)o1. The molecule has 1 unspecified atom stereocenters. The molecule has 7 nitrogen and oxygen atoms in total. The maximum Gasteiger partial charge on any atom is 0.328 e. The van der Waals surface area contributed by atoms with Crippen LogP contribution >= 0.6 is 0 Å². The zero-order chi connectivity index (χ0) is 12.3. The summed E-state index contributed by atoms with van der Waals surface area (Å²) >= 11 is 0. The van der Waals surface area contributed by atoms with Crippen molar-refractivity contribution in [3.05, 3.63) is 17.3 Å². The number of oxazole rings is 1. The van der Waals surface area contributed by atoms with E-state index in [0.717, 1.165) is 0 Å². The van der Waals surface area contributed by atoms with Crippen LogP contribution < -0.4 is 5.32 Å². The molecule has 1 heterocycles.